The molecular weight excluding hydrogens is 174 g/mol. The van der Waals surface area contributed by atoms with Crippen LogP contribution in [0.1, 0.15) is 48.0 Å². The van der Waals surface area contributed by atoms with Crippen LogP contribution in [0.2, 0.25) is 0 Å². The van der Waals surface area contributed by atoms with Crippen molar-refractivity contribution in [3.8, 4) is 0 Å². The monoisotopic (exact) mass is 197 g/mol. The van der Waals surface area contributed by atoms with Crippen LogP contribution in [0.15, 0.2) is 0 Å². The van der Waals surface area contributed by atoms with Gasteiger partial charge in [0, 0.05) is 18.0 Å². The number of likely N-dealkylation sites (tertiary alicyclic amines) is 1. The third-order valence-electron chi connectivity index (χ3n) is 3.36. The van der Waals surface area contributed by atoms with E-state index in [1.807, 2.05) is 4.90 Å². The minimum absolute atomic E-state index is 0.0454. The van der Waals surface area contributed by atoms with E-state index in [0.29, 0.717) is 5.91 Å². The van der Waals surface area contributed by atoms with Gasteiger partial charge in [0.05, 0.1) is 0 Å². The van der Waals surface area contributed by atoms with Crippen molar-refractivity contribution in [3.63, 3.8) is 0 Å². The van der Waals surface area contributed by atoms with Crippen LogP contribution < -0.4 is 0 Å². The molecule has 0 saturated carbocycles. The van der Waals surface area contributed by atoms with E-state index in [-0.39, 0.29) is 16.9 Å². The largest absolute Gasteiger partial charge is 0.338 e. The molecule has 2 nitrogen and oxygen atoms in total. The lowest BCUT2D eigenvalue weighted by molar-refractivity contribution is -0.135. The van der Waals surface area contributed by atoms with Gasteiger partial charge < -0.3 is 4.90 Å². The van der Waals surface area contributed by atoms with Gasteiger partial charge in [-0.05, 0) is 32.6 Å². The summed E-state index contributed by atoms with van der Waals surface area (Å²) in [5, 5.41) is 0. The Morgan fingerprint density at radius 3 is 2.14 bits per heavy atom. The number of hydrogen-bond donors (Lipinski definition) is 0. The zero-order valence-corrected chi connectivity index (χ0v) is 10.3. The number of carbonyl (C=O) groups excluding carboxylic acids is 1. The summed E-state index contributed by atoms with van der Waals surface area (Å²) < 4.78 is 0. The van der Waals surface area contributed by atoms with E-state index in [9.17, 15) is 4.79 Å². The Morgan fingerprint density at radius 1 is 1.43 bits per heavy atom. The molecule has 1 aliphatic heterocycles. The molecule has 0 aromatic heterocycles. The molecule has 14 heavy (non-hydrogen) atoms. The molecule has 0 aliphatic carbocycles. The summed E-state index contributed by atoms with van der Waals surface area (Å²) in [6, 6.07) is 0. The van der Waals surface area contributed by atoms with Crippen LogP contribution in [0.3, 0.4) is 0 Å². The van der Waals surface area contributed by atoms with Gasteiger partial charge in [0.15, 0.2) is 0 Å². The molecule has 2 heteroatoms. The average molecular weight is 197 g/mol. The van der Waals surface area contributed by atoms with Crippen molar-refractivity contribution in [1.82, 2.24) is 4.90 Å². The fraction of sp³-hybridized carbons (Fsp3) is 0.917. The molecule has 1 aliphatic rings. The standard InChI is InChI=1S/C12H23NO/c1-7-13-10(14)9(11(2,3)4)8-12(13,5)6/h9H,7-8H2,1-6H3. The van der Waals surface area contributed by atoms with Crippen LogP contribution in [0, 0.1) is 11.3 Å². The van der Waals surface area contributed by atoms with Gasteiger partial charge in [0.25, 0.3) is 0 Å². The highest BCUT2D eigenvalue weighted by atomic mass is 16.2. The molecule has 1 saturated heterocycles. The van der Waals surface area contributed by atoms with E-state index in [4.69, 9.17) is 0 Å². The molecule has 1 fully saturated rings. The van der Waals surface area contributed by atoms with Crippen LogP contribution in [-0.2, 0) is 4.79 Å². The Labute approximate surface area is 87.7 Å². The molecule has 0 spiro atoms. The summed E-state index contributed by atoms with van der Waals surface area (Å²) in [5.41, 5.74) is 0.141. The van der Waals surface area contributed by atoms with Crippen LogP contribution in [0.25, 0.3) is 0 Å². The molecule has 0 aromatic rings. The van der Waals surface area contributed by atoms with Crippen molar-refractivity contribution in [3.05, 3.63) is 0 Å². The molecule has 0 N–H and O–H groups in total. The van der Waals surface area contributed by atoms with Crippen LogP contribution in [-0.4, -0.2) is 22.9 Å². The predicted octanol–water partition coefficient (Wildman–Crippen LogP) is 2.68. The molecule has 1 unspecified atom stereocenters. The second kappa shape index (κ2) is 3.25. The zero-order chi connectivity index (χ0) is 11.1. The zero-order valence-electron chi connectivity index (χ0n) is 10.3. The van der Waals surface area contributed by atoms with Crippen molar-refractivity contribution >= 4 is 5.91 Å². The molecule has 1 heterocycles. The number of rotatable bonds is 1. The van der Waals surface area contributed by atoms with Crippen LogP contribution in [0.5, 0.6) is 0 Å². The third-order valence-corrected chi connectivity index (χ3v) is 3.36. The third kappa shape index (κ3) is 1.79. The minimum atomic E-state index is 0.0454. The Hall–Kier alpha value is -0.530. The normalized spacial score (nSPS) is 27.1. The van der Waals surface area contributed by atoms with Crippen molar-refractivity contribution in [2.24, 2.45) is 11.3 Å². The van der Waals surface area contributed by atoms with Gasteiger partial charge in [-0.25, -0.2) is 0 Å². The fourth-order valence-electron chi connectivity index (χ4n) is 2.44. The fourth-order valence-corrected chi connectivity index (χ4v) is 2.44. The number of carbonyl (C=O) groups is 1. The van der Waals surface area contributed by atoms with E-state index in [0.717, 1.165) is 13.0 Å². The Bertz CT molecular complexity index is 237. The summed E-state index contributed by atoms with van der Waals surface area (Å²) in [7, 11) is 0. The van der Waals surface area contributed by atoms with Gasteiger partial charge in [0.1, 0.15) is 0 Å². The van der Waals surface area contributed by atoms with Crippen molar-refractivity contribution < 1.29 is 4.79 Å². The van der Waals surface area contributed by atoms with E-state index in [2.05, 4.69) is 41.5 Å². The van der Waals surface area contributed by atoms with Crippen molar-refractivity contribution in [1.29, 1.82) is 0 Å². The Balaban J connectivity index is 2.94. The number of hydrogen-bond acceptors (Lipinski definition) is 1. The Kier molecular flexibility index (Phi) is 2.68. The first kappa shape index (κ1) is 11.5. The van der Waals surface area contributed by atoms with E-state index >= 15 is 0 Å². The number of nitrogens with zero attached hydrogens (tertiary/aromatic N) is 1. The maximum atomic E-state index is 12.1. The van der Waals surface area contributed by atoms with Crippen molar-refractivity contribution in [2.75, 3.05) is 6.54 Å². The maximum Gasteiger partial charge on any atom is 0.226 e. The van der Waals surface area contributed by atoms with Gasteiger partial charge in [-0.2, -0.15) is 0 Å². The molecule has 0 radical (unpaired) electrons. The first-order valence-corrected chi connectivity index (χ1v) is 5.51. The second-order valence-electron chi connectivity index (χ2n) is 6.02. The van der Waals surface area contributed by atoms with Gasteiger partial charge in [-0.3, -0.25) is 4.79 Å². The van der Waals surface area contributed by atoms with Crippen molar-refractivity contribution in [2.45, 2.75) is 53.5 Å². The lowest BCUT2D eigenvalue weighted by Crippen LogP contribution is -2.41. The summed E-state index contributed by atoms with van der Waals surface area (Å²) in [4.78, 5) is 14.1. The molecule has 82 valence electrons. The average Bonchev–Trinajstić information content (AvgIpc) is 2.20. The highest BCUT2D eigenvalue weighted by molar-refractivity contribution is 5.82. The molecule has 0 aromatic carbocycles. The highest BCUT2D eigenvalue weighted by Gasteiger charge is 2.48. The summed E-state index contributed by atoms with van der Waals surface area (Å²) in [6.07, 6.45) is 0.989. The predicted molar refractivity (Wildman–Crippen MR) is 59.0 cm³/mol. The molecule has 1 rings (SSSR count). The molecular formula is C12H23NO. The van der Waals surface area contributed by atoms with Crippen LogP contribution in [0.4, 0.5) is 0 Å². The summed E-state index contributed by atoms with van der Waals surface area (Å²) in [6.45, 7) is 13.7. The summed E-state index contributed by atoms with van der Waals surface area (Å²) in [5.74, 6) is 0.530. The second-order valence-corrected chi connectivity index (χ2v) is 6.02. The molecule has 0 bridgehead atoms. The maximum absolute atomic E-state index is 12.1. The van der Waals surface area contributed by atoms with Gasteiger partial charge >= 0.3 is 0 Å². The lowest BCUT2D eigenvalue weighted by atomic mass is 9.77. The smallest absolute Gasteiger partial charge is 0.226 e. The van der Waals surface area contributed by atoms with Crippen LogP contribution >= 0.6 is 0 Å². The Morgan fingerprint density at radius 2 is 1.93 bits per heavy atom. The topological polar surface area (TPSA) is 20.3 Å². The quantitative estimate of drug-likeness (QED) is 0.633. The van der Waals surface area contributed by atoms with E-state index in [1.54, 1.807) is 0 Å². The highest BCUT2D eigenvalue weighted by Crippen LogP contribution is 2.42. The summed E-state index contributed by atoms with van der Waals surface area (Å²) >= 11 is 0. The van der Waals surface area contributed by atoms with E-state index in [1.165, 1.54) is 0 Å². The number of amides is 1. The SMILES string of the molecule is CCN1C(=O)C(C(C)(C)C)CC1(C)C. The van der Waals surface area contributed by atoms with Gasteiger partial charge in [0.2, 0.25) is 5.91 Å². The first-order chi connectivity index (χ1) is 6.20. The minimum Gasteiger partial charge on any atom is -0.338 e. The molecule has 1 atom stereocenters. The first-order valence-electron chi connectivity index (χ1n) is 5.51. The van der Waals surface area contributed by atoms with Gasteiger partial charge in [-0.15, -0.1) is 0 Å². The van der Waals surface area contributed by atoms with E-state index < -0.39 is 0 Å². The molecule has 1 amide bonds. The van der Waals surface area contributed by atoms with Gasteiger partial charge in [-0.1, -0.05) is 20.8 Å². The lowest BCUT2D eigenvalue weighted by Gasteiger charge is -2.30.